The molecule has 0 aromatic carbocycles. The van der Waals surface area contributed by atoms with Gasteiger partial charge in [-0.3, -0.25) is 4.79 Å². The van der Waals surface area contributed by atoms with Gasteiger partial charge in [0.25, 0.3) is 0 Å². The summed E-state index contributed by atoms with van der Waals surface area (Å²) >= 11 is 0. The molecule has 0 bridgehead atoms. The van der Waals surface area contributed by atoms with Crippen molar-refractivity contribution in [3.8, 4) is 6.07 Å². The molecule has 1 atom stereocenters. The van der Waals surface area contributed by atoms with Crippen LogP contribution in [0.2, 0.25) is 0 Å². The normalized spacial score (nSPS) is 14.4. The number of nitrogens with zero attached hydrogens (tertiary/aromatic N) is 1. The smallest absolute Gasteiger partial charge is 0.326 e. The first kappa shape index (κ1) is 16.6. The highest BCUT2D eigenvalue weighted by Crippen LogP contribution is 2.27. The number of ether oxygens (including phenoxy) is 1. The van der Waals surface area contributed by atoms with E-state index in [9.17, 15) is 9.59 Å². The number of carbonyl (C=O) groups excluding carboxylic acids is 2. The summed E-state index contributed by atoms with van der Waals surface area (Å²) in [5, 5.41) is 9.11. The third-order valence-corrected chi connectivity index (χ3v) is 3.02. The zero-order chi connectivity index (χ0) is 14.3. The van der Waals surface area contributed by atoms with Crippen LogP contribution < -0.4 is 0 Å². The molecule has 18 heavy (non-hydrogen) atoms. The van der Waals surface area contributed by atoms with E-state index in [0.717, 1.165) is 0 Å². The Labute approximate surface area is 109 Å². The molecule has 4 nitrogen and oxygen atoms in total. The summed E-state index contributed by atoms with van der Waals surface area (Å²) in [6, 6.07) is 1.96. The van der Waals surface area contributed by atoms with Gasteiger partial charge in [0.2, 0.25) is 0 Å². The van der Waals surface area contributed by atoms with Crippen LogP contribution in [0.1, 0.15) is 47.5 Å². The number of esters is 1. The van der Waals surface area contributed by atoms with Crippen molar-refractivity contribution in [1.29, 1.82) is 5.26 Å². The van der Waals surface area contributed by atoms with Crippen molar-refractivity contribution in [2.45, 2.75) is 53.6 Å². The maximum atomic E-state index is 12.1. The van der Waals surface area contributed by atoms with Crippen molar-refractivity contribution < 1.29 is 14.3 Å². The first-order valence-corrected chi connectivity index (χ1v) is 6.34. The van der Waals surface area contributed by atoms with Crippen molar-refractivity contribution in [3.05, 3.63) is 0 Å². The van der Waals surface area contributed by atoms with Gasteiger partial charge in [-0.05, 0) is 25.2 Å². The number of hydrogen-bond acceptors (Lipinski definition) is 4. The van der Waals surface area contributed by atoms with E-state index in [1.54, 1.807) is 0 Å². The van der Waals surface area contributed by atoms with Gasteiger partial charge in [-0.15, -0.1) is 0 Å². The Kier molecular flexibility index (Phi) is 6.61. The fraction of sp³-hybridized carbons (Fsp3) is 0.786. The third-order valence-electron chi connectivity index (χ3n) is 3.02. The molecule has 0 heterocycles. The van der Waals surface area contributed by atoms with Gasteiger partial charge in [-0.2, -0.15) is 5.26 Å². The second-order valence-electron chi connectivity index (χ2n) is 5.51. The minimum Gasteiger partial charge on any atom is -0.461 e. The maximum absolute atomic E-state index is 12.1. The van der Waals surface area contributed by atoms with Gasteiger partial charge in [0, 0.05) is 6.42 Å². The Bertz CT molecular complexity index is 322. The molecule has 0 saturated heterocycles. The topological polar surface area (TPSA) is 67.2 Å². The van der Waals surface area contributed by atoms with Crippen molar-refractivity contribution >= 4 is 12.3 Å². The Morgan fingerprint density at radius 2 is 1.83 bits per heavy atom. The molecule has 0 rings (SSSR count). The van der Waals surface area contributed by atoms with E-state index in [1.807, 2.05) is 33.8 Å². The average molecular weight is 253 g/mol. The lowest BCUT2D eigenvalue weighted by atomic mass is 9.87. The third kappa shape index (κ3) is 4.48. The van der Waals surface area contributed by atoms with Crippen LogP contribution >= 0.6 is 0 Å². The van der Waals surface area contributed by atoms with Gasteiger partial charge in [0.15, 0.2) is 5.41 Å². The van der Waals surface area contributed by atoms with Crippen LogP contribution in [0.15, 0.2) is 0 Å². The van der Waals surface area contributed by atoms with E-state index >= 15 is 0 Å². The molecule has 0 aliphatic carbocycles. The minimum atomic E-state index is -1.23. The molecule has 0 radical (unpaired) electrons. The molecule has 0 aromatic heterocycles. The molecule has 0 spiro atoms. The summed E-state index contributed by atoms with van der Waals surface area (Å²) in [5.74, 6) is -0.134. The van der Waals surface area contributed by atoms with Crippen molar-refractivity contribution in [1.82, 2.24) is 0 Å². The Hall–Kier alpha value is -1.37. The molecule has 0 amide bonds. The summed E-state index contributed by atoms with van der Waals surface area (Å²) in [7, 11) is 0. The summed E-state index contributed by atoms with van der Waals surface area (Å²) in [4.78, 5) is 22.4. The molecule has 0 saturated carbocycles. The van der Waals surface area contributed by atoms with Gasteiger partial charge < -0.3 is 9.53 Å². The molecule has 0 aliphatic rings. The SMILES string of the molecule is CC(C)C(OC(=O)[C@@](C)(C#N)CCC=O)C(C)C. The van der Waals surface area contributed by atoms with Crippen LogP contribution in [0.25, 0.3) is 0 Å². The van der Waals surface area contributed by atoms with Crippen LogP contribution in [0.4, 0.5) is 0 Å². The van der Waals surface area contributed by atoms with Gasteiger partial charge in [-0.25, -0.2) is 0 Å². The van der Waals surface area contributed by atoms with Gasteiger partial charge in [0.1, 0.15) is 12.4 Å². The largest absolute Gasteiger partial charge is 0.461 e. The van der Waals surface area contributed by atoms with Crippen LogP contribution in [0, 0.1) is 28.6 Å². The van der Waals surface area contributed by atoms with Gasteiger partial charge in [-0.1, -0.05) is 27.7 Å². The summed E-state index contributed by atoms with van der Waals surface area (Å²) in [5.41, 5.74) is -1.23. The molecule has 0 fully saturated rings. The average Bonchev–Trinajstić information content (AvgIpc) is 2.31. The quantitative estimate of drug-likeness (QED) is 0.517. The first-order valence-electron chi connectivity index (χ1n) is 6.34. The summed E-state index contributed by atoms with van der Waals surface area (Å²) < 4.78 is 5.45. The number of aldehydes is 1. The number of nitriles is 1. The van der Waals surface area contributed by atoms with Crippen molar-refractivity contribution in [2.75, 3.05) is 0 Å². The van der Waals surface area contributed by atoms with E-state index in [-0.39, 0.29) is 30.8 Å². The molecule has 0 aromatic rings. The predicted octanol–water partition coefficient (Wildman–Crippen LogP) is 2.72. The lowest BCUT2D eigenvalue weighted by molar-refractivity contribution is -0.162. The fourth-order valence-corrected chi connectivity index (χ4v) is 1.85. The van der Waals surface area contributed by atoms with Crippen LogP contribution in [-0.4, -0.2) is 18.4 Å². The highest BCUT2D eigenvalue weighted by Gasteiger charge is 2.37. The molecule has 0 unspecified atom stereocenters. The second kappa shape index (κ2) is 7.15. The highest BCUT2D eigenvalue weighted by molar-refractivity contribution is 5.80. The lowest BCUT2D eigenvalue weighted by Crippen LogP contribution is -2.36. The predicted molar refractivity (Wildman–Crippen MR) is 68.6 cm³/mol. The molecule has 0 N–H and O–H groups in total. The lowest BCUT2D eigenvalue weighted by Gasteiger charge is -2.28. The van der Waals surface area contributed by atoms with Crippen LogP contribution in [0.5, 0.6) is 0 Å². The minimum absolute atomic E-state index is 0.188. The van der Waals surface area contributed by atoms with Crippen LogP contribution in [-0.2, 0) is 14.3 Å². The van der Waals surface area contributed by atoms with E-state index in [0.29, 0.717) is 6.29 Å². The van der Waals surface area contributed by atoms with Crippen molar-refractivity contribution in [2.24, 2.45) is 17.3 Å². The number of rotatable bonds is 7. The summed E-state index contributed by atoms with van der Waals surface area (Å²) in [6.45, 7) is 9.44. The van der Waals surface area contributed by atoms with Gasteiger partial charge >= 0.3 is 5.97 Å². The molecular weight excluding hydrogens is 230 g/mol. The standard InChI is InChI=1S/C14H23NO3/c1-10(2)12(11(3)4)18-13(17)14(5,9-15)7-6-8-16/h8,10-12H,6-7H2,1-5H3/t14-/m1/s1. The Balaban J connectivity index is 4.80. The monoisotopic (exact) mass is 253 g/mol. The van der Waals surface area contributed by atoms with E-state index in [2.05, 4.69) is 0 Å². The molecular formula is C14H23NO3. The number of carbonyl (C=O) groups is 2. The molecule has 102 valence electrons. The van der Waals surface area contributed by atoms with E-state index in [4.69, 9.17) is 10.00 Å². The molecule has 4 heteroatoms. The zero-order valence-electron chi connectivity index (χ0n) is 11.9. The van der Waals surface area contributed by atoms with Gasteiger partial charge in [0.05, 0.1) is 6.07 Å². The fourth-order valence-electron chi connectivity index (χ4n) is 1.85. The van der Waals surface area contributed by atoms with E-state index in [1.165, 1.54) is 6.92 Å². The van der Waals surface area contributed by atoms with E-state index < -0.39 is 11.4 Å². The first-order chi connectivity index (χ1) is 8.28. The second-order valence-corrected chi connectivity index (χ2v) is 5.51. The highest BCUT2D eigenvalue weighted by atomic mass is 16.5. The Morgan fingerprint density at radius 3 is 2.17 bits per heavy atom. The Morgan fingerprint density at radius 1 is 1.33 bits per heavy atom. The summed E-state index contributed by atoms with van der Waals surface area (Å²) in [6.07, 6.45) is 0.897. The van der Waals surface area contributed by atoms with Crippen LogP contribution in [0.3, 0.4) is 0 Å². The maximum Gasteiger partial charge on any atom is 0.326 e. The zero-order valence-corrected chi connectivity index (χ0v) is 11.9. The molecule has 0 aliphatic heterocycles. The number of hydrogen-bond donors (Lipinski definition) is 0. The van der Waals surface area contributed by atoms with Crippen molar-refractivity contribution in [3.63, 3.8) is 0 Å².